The number of allylic oxidation sites excluding steroid dienone is 1. The average molecular weight is 156 g/mol. The van der Waals surface area contributed by atoms with Crippen LogP contribution in [0.5, 0.6) is 0 Å². The molecule has 68 valence electrons. The third-order valence-corrected chi connectivity index (χ3v) is 2.04. The summed E-state index contributed by atoms with van der Waals surface area (Å²) in [6.45, 7) is 16.9. The number of hydrogen-bond acceptors (Lipinski definition) is 0. The zero-order valence-electron chi connectivity index (χ0n) is 9.12. The van der Waals surface area contributed by atoms with Crippen LogP contribution in [0.15, 0.2) is 12.2 Å². The van der Waals surface area contributed by atoms with Gasteiger partial charge in [-0.3, -0.25) is 0 Å². The van der Waals surface area contributed by atoms with Gasteiger partial charge in [0.15, 0.2) is 0 Å². The molecule has 0 atom stereocenters. The minimum Gasteiger partial charge on any atom is -0.0996 e. The van der Waals surface area contributed by atoms with Gasteiger partial charge in [0.2, 0.25) is 0 Å². The summed E-state index contributed by atoms with van der Waals surface area (Å²) >= 11 is 0. The summed E-state index contributed by atoms with van der Waals surface area (Å²) in [6.07, 6.45) is 2.43. The maximum atomic E-state index is 3.90. The second-order valence-corrected chi connectivity index (χ2v) is 3.72. The first-order valence-corrected chi connectivity index (χ1v) is 4.58. The van der Waals surface area contributed by atoms with E-state index < -0.39 is 0 Å². The monoisotopic (exact) mass is 156 g/mol. The van der Waals surface area contributed by atoms with Gasteiger partial charge in [0, 0.05) is 0 Å². The maximum absolute atomic E-state index is 3.90. The van der Waals surface area contributed by atoms with Gasteiger partial charge in [-0.25, -0.2) is 0 Å². The molecule has 0 aliphatic carbocycles. The molecule has 0 saturated heterocycles. The molecule has 0 aromatic heterocycles. The lowest BCUT2D eigenvalue weighted by Gasteiger charge is -2.22. The highest BCUT2D eigenvalue weighted by atomic mass is 14.2. The molecule has 0 fully saturated rings. The Labute approximate surface area is 72.7 Å². The quantitative estimate of drug-likeness (QED) is 0.519. The van der Waals surface area contributed by atoms with Gasteiger partial charge in [0.25, 0.3) is 0 Å². The summed E-state index contributed by atoms with van der Waals surface area (Å²) in [4.78, 5) is 0. The molecular formula is C11H24. The highest BCUT2D eigenvalue weighted by molar-refractivity contribution is 5.01. The van der Waals surface area contributed by atoms with E-state index in [2.05, 4.69) is 48.1 Å². The summed E-state index contributed by atoms with van der Waals surface area (Å²) in [6, 6.07) is 0. The molecule has 0 N–H and O–H groups in total. The molecule has 0 rings (SSSR count). The highest BCUT2D eigenvalue weighted by Crippen LogP contribution is 2.27. The molecule has 0 unspecified atom stereocenters. The smallest absolute Gasteiger partial charge is 0.0153 e. The largest absolute Gasteiger partial charge is 0.0996 e. The van der Waals surface area contributed by atoms with Crippen molar-refractivity contribution in [1.29, 1.82) is 0 Å². The van der Waals surface area contributed by atoms with E-state index >= 15 is 0 Å². The Kier molecular flexibility index (Phi) is 7.82. The van der Waals surface area contributed by atoms with Crippen molar-refractivity contribution in [3.05, 3.63) is 12.2 Å². The number of rotatable bonds is 2. The third-order valence-electron chi connectivity index (χ3n) is 2.04. The van der Waals surface area contributed by atoms with E-state index in [1.54, 1.807) is 0 Å². The predicted molar refractivity (Wildman–Crippen MR) is 54.9 cm³/mol. The number of hydrogen-bond donors (Lipinski definition) is 0. The molecule has 0 aromatic rings. The van der Waals surface area contributed by atoms with Gasteiger partial charge in [-0.1, -0.05) is 53.2 Å². The second kappa shape index (κ2) is 6.45. The highest BCUT2D eigenvalue weighted by Gasteiger charge is 2.14. The zero-order valence-corrected chi connectivity index (χ0v) is 9.12. The molecule has 0 spiro atoms. The van der Waals surface area contributed by atoms with Crippen molar-refractivity contribution in [2.24, 2.45) is 5.41 Å². The Morgan fingerprint density at radius 2 is 1.45 bits per heavy atom. The SMILES string of the molecule is C=C(C)C(C)(C)CC.CCC. The third kappa shape index (κ3) is 7.64. The normalized spacial score (nSPS) is 10.0. The second-order valence-electron chi connectivity index (χ2n) is 3.72. The van der Waals surface area contributed by atoms with Gasteiger partial charge in [0.1, 0.15) is 0 Å². The summed E-state index contributed by atoms with van der Waals surface area (Å²) < 4.78 is 0. The van der Waals surface area contributed by atoms with E-state index in [1.807, 2.05) is 0 Å². The first-order valence-electron chi connectivity index (χ1n) is 4.58. The van der Waals surface area contributed by atoms with Crippen molar-refractivity contribution >= 4 is 0 Å². The predicted octanol–water partition coefficient (Wildman–Crippen LogP) is 4.42. The molecule has 0 aliphatic rings. The molecule has 0 saturated carbocycles. The van der Waals surface area contributed by atoms with Gasteiger partial charge in [-0.05, 0) is 18.8 Å². The summed E-state index contributed by atoms with van der Waals surface area (Å²) in [5, 5.41) is 0. The van der Waals surface area contributed by atoms with Crippen molar-refractivity contribution in [3.8, 4) is 0 Å². The molecule has 0 bridgehead atoms. The average Bonchev–Trinajstić information content (AvgIpc) is 1.89. The Hall–Kier alpha value is -0.260. The fourth-order valence-electron chi connectivity index (χ4n) is 0.302. The van der Waals surface area contributed by atoms with Crippen LogP contribution in [0.25, 0.3) is 0 Å². The minimum absolute atomic E-state index is 0.347. The molecule has 0 amide bonds. The van der Waals surface area contributed by atoms with E-state index in [4.69, 9.17) is 0 Å². The molecule has 0 nitrogen and oxygen atoms in total. The van der Waals surface area contributed by atoms with Crippen LogP contribution in [0.4, 0.5) is 0 Å². The molecule has 0 aromatic carbocycles. The first kappa shape index (κ1) is 13.3. The summed E-state index contributed by atoms with van der Waals surface area (Å²) in [5.74, 6) is 0. The van der Waals surface area contributed by atoms with Gasteiger partial charge in [-0.2, -0.15) is 0 Å². The van der Waals surface area contributed by atoms with E-state index in [1.165, 1.54) is 18.4 Å². The molecule has 0 radical (unpaired) electrons. The maximum Gasteiger partial charge on any atom is -0.0153 e. The summed E-state index contributed by atoms with van der Waals surface area (Å²) in [7, 11) is 0. The van der Waals surface area contributed by atoms with Crippen LogP contribution in [-0.2, 0) is 0 Å². The fourth-order valence-corrected chi connectivity index (χ4v) is 0.302. The first-order chi connectivity index (χ1) is 4.92. The Bertz CT molecular complexity index is 98.6. The van der Waals surface area contributed by atoms with Crippen LogP contribution >= 0.6 is 0 Å². The van der Waals surface area contributed by atoms with E-state index in [0.717, 1.165) is 0 Å². The standard InChI is InChI=1S/C8H16.C3H8/c1-6-8(4,5)7(2)3;1-3-2/h2,6H2,1,3-5H3;3H2,1-2H3. The van der Waals surface area contributed by atoms with Crippen LogP contribution in [0.2, 0.25) is 0 Å². The van der Waals surface area contributed by atoms with Crippen molar-refractivity contribution in [3.63, 3.8) is 0 Å². The molecule has 0 aliphatic heterocycles. The van der Waals surface area contributed by atoms with Crippen LogP contribution in [-0.4, -0.2) is 0 Å². The van der Waals surface area contributed by atoms with Crippen LogP contribution in [0, 0.1) is 5.41 Å². The molecule has 0 heteroatoms. The van der Waals surface area contributed by atoms with Gasteiger partial charge < -0.3 is 0 Å². The summed E-state index contributed by atoms with van der Waals surface area (Å²) in [5.41, 5.74) is 1.62. The van der Waals surface area contributed by atoms with E-state index in [0.29, 0.717) is 5.41 Å². The molecule has 11 heavy (non-hydrogen) atoms. The van der Waals surface area contributed by atoms with Gasteiger partial charge >= 0.3 is 0 Å². The van der Waals surface area contributed by atoms with Crippen molar-refractivity contribution < 1.29 is 0 Å². The Balaban J connectivity index is 0. The van der Waals surface area contributed by atoms with Crippen LogP contribution in [0.1, 0.15) is 54.4 Å². The lowest BCUT2D eigenvalue weighted by molar-refractivity contribution is 0.431. The minimum atomic E-state index is 0.347. The van der Waals surface area contributed by atoms with Crippen LogP contribution < -0.4 is 0 Å². The Morgan fingerprint density at radius 3 is 1.45 bits per heavy atom. The molecule has 0 heterocycles. The van der Waals surface area contributed by atoms with E-state index in [9.17, 15) is 0 Å². The van der Waals surface area contributed by atoms with E-state index in [-0.39, 0.29) is 0 Å². The Morgan fingerprint density at radius 1 is 1.18 bits per heavy atom. The van der Waals surface area contributed by atoms with Gasteiger partial charge in [0.05, 0.1) is 0 Å². The topological polar surface area (TPSA) is 0 Å². The molecular weight excluding hydrogens is 132 g/mol. The van der Waals surface area contributed by atoms with Crippen molar-refractivity contribution in [2.45, 2.75) is 54.4 Å². The lowest BCUT2D eigenvalue weighted by atomic mass is 9.84. The zero-order chi connectivity index (χ0) is 9.49. The fraction of sp³-hybridized carbons (Fsp3) is 0.818. The lowest BCUT2D eigenvalue weighted by Crippen LogP contribution is -2.09. The van der Waals surface area contributed by atoms with Crippen LogP contribution in [0.3, 0.4) is 0 Å². The van der Waals surface area contributed by atoms with Crippen molar-refractivity contribution in [1.82, 2.24) is 0 Å². The van der Waals surface area contributed by atoms with Gasteiger partial charge in [-0.15, -0.1) is 0 Å². The van der Waals surface area contributed by atoms with Crippen molar-refractivity contribution in [2.75, 3.05) is 0 Å².